The van der Waals surface area contributed by atoms with Crippen LogP contribution in [0.5, 0.6) is 11.5 Å². The van der Waals surface area contributed by atoms with Crippen molar-refractivity contribution >= 4 is 29.8 Å². The zero-order chi connectivity index (χ0) is 33.6. The van der Waals surface area contributed by atoms with Crippen molar-refractivity contribution in [2.24, 2.45) is 0 Å². The number of carboxylic acids is 2. The van der Waals surface area contributed by atoms with E-state index in [9.17, 15) is 42.6 Å². The summed E-state index contributed by atoms with van der Waals surface area (Å²) in [6, 6.07) is 3.15. The molecule has 1 aromatic rings. The Hall–Kier alpha value is -4.38. The van der Waals surface area contributed by atoms with E-state index in [4.69, 9.17) is 34.0 Å². The monoisotopic (exact) mass is 645 g/mol. The van der Waals surface area contributed by atoms with E-state index >= 15 is 0 Å². The Bertz CT molecular complexity index is 1460. The van der Waals surface area contributed by atoms with E-state index in [0.29, 0.717) is 19.4 Å². The second-order valence-corrected chi connectivity index (χ2v) is 11.1. The van der Waals surface area contributed by atoms with Gasteiger partial charge in [0.05, 0.1) is 17.4 Å². The normalized spacial score (nSPS) is 27.2. The molecule has 5 rings (SSSR count). The molecule has 0 aromatic heterocycles. The van der Waals surface area contributed by atoms with Crippen molar-refractivity contribution in [2.45, 2.75) is 81.1 Å². The zero-order valence-corrected chi connectivity index (χ0v) is 24.1. The molecule has 1 aromatic carbocycles. The van der Waals surface area contributed by atoms with Crippen LogP contribution >= 0.6 is 0 Å². The second kappa shape index (κ2) is 11.8. The molecular weight excluding hydrogens is 615 g/mol. The standard InChI is InChI=1S/C26H29NO11.C2HF3O2/c1-12(23(31)32)35-24(33)17(36-13(2)28)11-19(30)37-16-6-7-26(34)18-10-14-4-5-15(29)21-20(14)25(26,22(16)38-21)8-9-27(18)3;3-2(4,5)1(6)7/h4-6,12,17-18,22,29,34H,7-11H2,1-3H3,(H,31,32);(H,6,7)/t12-,17-,18+,22-,25-,26+;/m0./s1. The van der Waals surface area contributed by atoms with E-state index in [1.54, 1.807) is 12.1 Å². The van der Waals surface area contributed by atoms with Crippen LogP contribution in [-0.2, 0) is 50.0 Å². The molecule has 6 atom stereocenters. The van der Waals surface area contributed by atoms with Crippen LogP contribution in [0.15, 0.2) is 24.0 Å². The van der Waals surface area contributed by atoms with E-state index in [1.165, 1.54) is 0 Å². The van der Waals surface area contributed by atoms with E-state index in [-0.39, 0.29) is 29.7 Å². The highest BCUT2D eigenvalue weighted by Crippen LogP contribution is 2.65. The number of rotatable bonds is 7. The van der Waals surface area contributed by atoms with Gasteiger partial charge in [0.25, 0.3) is 0 Å². The molecule has 0 amide bonds. The summed E-state index contributed by atoms with van der Waals surface area (Å²) in [5.74, 6) is -6.92. The largest absolute Gasteiger partial charge is 0.504 e. The number of nitrogens with zero attached hydrogens (tertiary/aromatic N) is 1. The molecule has 14 nitrogen and oxygen atoms in total. The van der Waals surface area contributed by atoms with Gasteiger partial charge >= 0.3 is 36.0 Å². The molecular formula is C28H30F3NO13. The summed E-state index contributed by atoms with van der Waals surface area (Å²) in [6.45, 7) is 2.79. The lowest BCUT2D eigenvalue weighted by molar-refractivity contribution is -0.192. The molecule has 0 unspecified atom stereocenters. The highest BCUT2D eigenvalue weighted by Gasteiger charge is 2.72. The third-order valence-electron chi connectivity index (χ3n) is 8.39. The smallest absolute Gasteiger partial charge is 0.490 e. The van der Waals surface area contributed by atoms with E-state index in [0.717, 1.165) is 25.0 Å². The molecule has 45 heavy (non-hydrogen) atoms. The number of hydrogen-bond donors (Lipinski definition) is 4. The first kappa shape index (κ1) is 33.5. The average molecular weight is 646 g/mol. The molecule has 4 N–H and O–H groups in total. The molecule has 2 heterocycles. The molecule has 1 fully saturated rings. The lowest BCUT2D eigenvalue weighted by Crippen LogP contribution is -2.74. The van der Waals surface area contributed by atoms with Crippen LogP contribution in [0.25, 0.3) is 0 Å². The van der Waals surface area contributed by atoms with Crippen LogP contribution in [0.4, 0.5) is 13.2 Å². The lowest BCUT2D eigenvalue weighted by Gasteiger charge is -2.61. The number of likely N-dealkylation sites (tertiary alicyclic amines) is 1. The molecule has 2 bridgehead atoms. The highest BCUT2D eigenvalue weighted by atomic mass is 19.4. The molecule has 0 saturated carbocycles. The van der Waals surface area contributed by atoms with Crippen LogP contribution in [-0.4, -0.2) is 105 Å². The van der Waals surface area contributed by atoms with Crippen molar-refractivity contribution in [1.82, 2.24) is 4.90 Å². The maximum atomic E-state index is 13.0. The number of carbonyl (C=O) groups excluding carboxylic acids is 3. The summed E-state index contributed by atoms with van der Waals surface area (Å²) in [5.41, 5.74) is -0.551. The Balaban J connectivity index is 0.000000591. The SMILES string of the molecule is CC(=O)O[C@@H](CC(=O)OC1=CC[C@@]2(O)[C@H]3Cc4ccc(O)c5c4[C@@]2(CCN3C)[C@H]1O5)C(=O)O[C@@H](C)C(=O)O.O=C(O)C(F)(F)F. The third kappa shape index (κ3) is 5.88. The van der Waals surface area contributed by atoms with E-state index in [1.807, 2.05) is 13.1 Å². The van der Waals surface area contributed by atoms with Crippen molar-refractivity contribution in [3.8, 4) is 11.5 Å². The van der Waals surface area contributed by atoms with Crippen LogP contribution in [0.3, 0.4) is 0 Å². The van der Waals surface area contributed by atoms with E-state index < -0.39 is 71.8 Å². The predicted molar refractivity (Wildman–Crippen MR) is 140 cm³/mol. The minimum absolute atomic E-state index is 0.0804. The number of aliphatic hydroxyl groups is 1. The number of likely N-dealkylation sites (N-methyl/N-ethyl adjacent to an activating group) is 1. The highest BCUT2D eigenvalue weighted by molar-refractivity contribution is 5.86. The van der Waals surface area contributed by atoms with Crippen molar-refractivity contribution in [2.75, 3.05) is 13.6 Å². The number of phenolic OH excluding ortho intramolecular Hbond substituents is 1. The van der Waals surface area contributed by atoms with Gasteiger partial charge in [0.1, 0.15) is 5.76 Å². The fourth-order valence-electron chi connectivity index (χ4n) is 6.44. The van der Waals surface area contributed by atoms with Crippen molar-refractivity contribution in [1.29, 1.82) is 0 Å². The first-order valence-corrected chi connectivity index (χ1v) is 13.6. The number of carboxylic acid groups (broad SMARTS) is 2. The summed E-state index contributed by atoms with van der Waals surface area (Å²) in [6.07, 6.45) is -7.20. The molecule has 2 aliphatic heterocycles. The number of aliphatic carboxylic acids is 2. The Kier molecular flexibility index (Phi) is 8.82. The van der Waals surface area contributed by atoms with Crippen molar-refractivity contribution in [3.63, 3.8) is 0 Å². The Morgan fingerprint density at radius 1 is 1.16 bits per heavy atom. The number of piperidine rings is 1. The maximum Gasteiger partial charge on any atom is 0.490 e. The summed E-state index contributed by atoms with van der Waals surface area (Å²) >= 11 is 0. The molecule has 2 aliphatic carbocycles. The van der Waals surface area contributed by atoms with Gasteiger partial charge in [0, 0.05) is 24.9 Å². The molecule has 1 saturated heterocycles. The number of aromatic hydroxyl groups is 1. The number of alkyl halides is 3. The first-order chi connectivity index (χ1) is 20.8. The number of hydrogen-bond acceptors (Lipinski definition) is 12. The Labute approximate surface area is 252 Å². The second-order valence-electron chi connectivity index (χ2n) is 11.1. The van der Waals surface area contributed by atoms with Gasteiger partial charge in [-0.25, -0.2) is 14.4 Å². The van der Waals surface area contributed by atoms with Crippen LogP contribution in [0.2, 0.25) is 0 Å². The fraction of sp³-hybridized carbons (Fsp3) is 0.536. The quantitative estimate of drug-likeness (QED) is 0.243. The van der Waals surface area contributed by atoms with Gasteiger partial charge in [-0.2, -0.15) is 13.2 Å². The molecule has 0 radical (unpaired) electrons. The van der Waals surface area contributed by atoms with Gasteiger partial charge in [0.2, 0.25) is 6.10 Å². The minimum atomic E-state index is -5.08. The fourth-order valence-corrected chi connectivity index (χ4v) is 6.44. The molecule has 246 valence electrons. The number of halogens is 3. The summed E-state index contributed by atoms with van der Waals surface area (Å²) < 4.78 is 53.3. The Morgan fingerprint density at radius 2 is 1.80 bits per heavy atom. The number of phenols is 1. The van der Waals surface area contributed by atoms with Crippen LogP contribution in [0.1, 0.15) is 44.2 Å². The topological polar surface area (TPSA) is 206 Å². The van der Waals surface area contributed by atoms with Gasteiger partial charge in [-0.05, 0) is 51.1 Å². The van der Waals surface area contributed by atoms with Crippen molar-refractivity contribution in [3.05, 3.63) is 35.1 Å². The Morgan fingerprint density at radius 3 is 2.38 bits per heavy atom. The lowest BCUT2D eigenvalue weighted by atomic mass is 9.50. The van der Waals surface area contributed by atoms with Gasteiger partial charge < -0.3 is 44.3 Å². The van der Waals surface area contributed by atoms with Gasteiger partial charge in [-0.1, -0.05) is 6.07 Å². The summed E-state index contributed by atoms with van der Waals surface area (Å²) in [7, 11) is 1.95. The molecule has 4 aliphatic rings. The van der Waals surface area contributed by atoms with Gasteiger partial charge in [-0.3, -0.25) is 9.59 Å². The molecule has 1 spiro atoms. The third-order valence-corrected chi connectivity index (χ3v) is 8.39. The first-order valence-electron chi connectivity index (χ1n) is 13.6. The van der Waals surface area contributed by atoms with Gasteiger partial charge in [-0.15, -0.1) is 0 Å². The zero-order valence-electron chi connectivity index (χ0n) is 24.1. The van der Waals surface area contributed by atoms with Crippen LogP contribution < -0.4 is 4.74 Å². The maximum absolute atomic E-state index is 13.0. The summed E-state index contributed by atoms with van der Waals surface area (Å²) in [5, 5.41) is 38.8. The minimum Gasteiger partial charge on any atom is -0.504 e. The molecule has 17 heteroatoms. The average Bonchev–Trinajstić information content (AvgIpc) is 3.29. The number of esters is 3. The number of carbonyl (C=O) groups is 5. The predicted octanol–water partition coefficient (Wildman–Crippen LogP) is 1.18. The summed E-state index contributed by atoms with van der Waals surface area (Å²) in [4.78, 5) is 58.9. The van der Waals surface area contributed by atoms with Crippen molar-refractivity contribution < 1.29 is 76.5 Å². The number of ether oxygens (including phenoxy) is 4. The van der Waals surface area contributed by atoms with E-state index in [2.05, 4.69) is 4.90 Å². The number of benzene rings is 1. The van der Waals surface area contributed by atoms with Crippen LogP contribution in [0, 0.1) is 0 Å². The van der Waals surface area contributed by atoms with Gasteiger partial charge in [0.15, 0.2) is 23.7 Å².